The minimum absolute atomic E-state index is 0.220. The molecule has 1 heterocycles. The van der Waals surface area contributed by atoms with E-state index in [-0.39, 0.29) is 18.0 Å². The molecule has 1 fully saturated rings. The van der Waals surface area contributed by atoms with Gasteiger partial charge in [0.2, 0.25) is 0 Å². The minimum atomic E-state index is -0.631. The Hall–Kier alpha value is -0.850. The molecule has 1 aromatic carbocycles. The van der Waals surface area contributed by atoms with Gasteiger partial charge in [-0.1, -0.05) is 29.3 Å². The van der Waals surface area contributed by atoms with E-state index in [1.54, 1.807) is 25.2 Å². The highest BCUT2D eigenvalue weighted by Gasteiger charge is 2.22. The summed E-state index contributed by atoms with van der Waals surface area (Å²) in [6.45, 7) is 3.68. The number of carbonyl (C=O) groups is 1. The number of likely N-dealkylation sites (N-methyl/N-ethyl adjacent to an activating group) is 1. The fraction of sp³-hybridized carbons (Fsp3) is 0.533. The van der Waals surface area contributed by atoms with Crippen LogP contribution in [-0.2, 0) is 4.74 Å². The average Bonchev–Trinajstić information content (AvgIpc) is 2.47. The van der Waals surface area contributed by atoms with Gasteiger partial charge < -0.3 is 14.7 Å². The highest BCUT2D eigenvalue weighted by Crippen LogP contribution is 2.25. The molecule has 0 saturated carbocycles. The highest BCUT2D eigenvalue weighted by atomic mass is 35.5. The van der Waals surface area contributed by atoms with Crippen molar-refractivity contribution in [1.82, 2.24) is 9.80 Å². The summed E-state index contributed by atoms with van der Waals surface area (Å²) in [4.78, 5) is 16.0. The molecule has 2 rings (SSSR count). The molecule has 1 saturated heterocycles. The number of morpholine rings is 1. The number of aliphatic hydroxyl groups is 1. The predicted octanol–water partition coefficient (Wildman–Crippen LogP) is 1.76. The zero-order valence-electron chi connectivity index (χ0n) is 12.5. The summed E-state index contributed by atoms with van der Waals surface area (Å²) >= 11 is 12.1. The average molecular weight is 347 g/mol. The van der Waals surface area contributed by atoms with Crippen molar-refractivity contribution in [2.75, 3.05) is 46.4 Å². The first-order valence-electron chi connectivity index (χ1n) is 7.16. The minimum Gasteiger partial charge on any atom is -0.390 e. The first kappa shape index (κ1) is 17.5. The molecule has 0 aliphatic carbocycles. The molecule has 0 aromatic heterocycles. The van der Waals surface area contributed by atoms with Gasteiger partial charge in [0.15, 0.2) is 0 Å². The molecule has 7 heteroatoms. The van der Waals surface area contributed by atoms with Gasteiger partial charge in [0.25, 0.3) is 5.91 Å². The van der Waals surface area contributed by atoms with Crippen LogP contribution in [0.1, 0.15) is 10.4 Å². The fourth-order valence-electron chi connectivity index (χ4n) is 2.43. The van der Waals surface area contributed by atoms with Gasteiger partial charge in [-0.25, -0.2) is 0 Å². The van der Waals surface area contributed by atoms with E-state index >= 15 is 0 Å². The van der Waals surface area contributed by atoms with Crippen molar-refractivity contribution >= 4 is 29.1 Å². The molecule has 1 N–H and O–H groups in total. The zero-order valence-corrected chi connectivity index (χ0v) is 14.0. The maximum Gasteiger partial charge on any atom is 0.256 e. The predicted molar refractivity (Wildman–Crippen MR) is 86.7 cm³/mol. The van der Waals surface area contributed by atoms with Crippen molar-refractivity contribution < 1.29 is 14.6 Å². The first-order chi connectivity index (χ1) is 10.5. The Labute approximate surface area is 140 Å². The Morgan fingerprint density at radius 2 is 1.95 bits per heavy atom. The third-order valence-electron chi connectivity index (χ3n) is 3.58. The van der Waals surface area contributed by atoms with Gasteiger partial charge in [-0.2, -0.15) is 0 Å². The second-order valence-electron chi connectivity index (χ2n) is 5.35. The summed E-state index contributed by atoms with van der Waals surface area (Å²) in [7, 11) is 1.63. The number of rotatable bonds is 5. The van der Waals surface area contributed by atoms with Crippen molar-refractivity contribution in [3.8, 4) is 0 Å². The highest BCUT2D eigenvalue weighted by molar-refractivity contribution is 6.39. The Kier molecular flexibility index (Phi) is 6.47. The Morgan fingerprint density at radius 1 is 1.36 bits per heavy atom. The second kappa shape index (κ2) is 8.13. The molecule has 0 spiro atoms. The van der Waals surface area contributed by atoms with Crippen LogP contribution in [0.4, 0.5) is 0 Å². The lowest BCUT2D eigenvalue weighted by atomic mass is 10.2. The number of β-amino-alcohol motifs (C(OH)–C–C–N with tert-alkyl or cyclic N) is 1. The standard InChI is InChI=1S/C15H20Cl2N2O3/c1-18(9-11(20)10-19-5-7-22-8-6-19)15(21)14-12(16)3-2-4-13(14)17/h2-4,11,20H,5-10H2,1H3. The van der Waals surface area contributed by atoms with Gasteiger partial charge in [-0.05, 0) is 12.1 Å². The number of carbonyl (C=O) groups excluding carboxylic acids is 1. The van der Waals surface area contributed by atoms with E-state index in [4.69, 9.17) is 27.9 Å². The smallest absolute Gasteiger partial charge is 0.256 e. The Bertz CT molecular complexity index is 501. The number of halogens is 2. The van der Waals surface area contributed by atoms with E-state index in [0.29, 0.717) is 29.8 Å². The van der Waals surface area contributed by atoms with E-state index in [1.807, 2.05) is 0 Å². The van der Waals surface area contributed by atoms with Crippen LogP contribution in [0.25, 0.3) is 0 Å². The van der Waals surface area contributed by atoms with Crippen molar-refractivity contribution in [3.05, 3.63) is 33.8 Å². The number of amides is 1. The van der Waals surface area contributed by atoms with Crippen LogP contribution in [0.15, 0.2) is 18.2 Å². The van der Waals surface area contributed by atoms with Crippen LogP contribution in [0, 0.1) is 0 Å². The maximum absolute atomic E-state index is 12.4. The molecule has 1 aliphatic heterocycles. The van der Waals surface area contributed by atoms with Crippen LogP contribution >= 0.6 is 23.2 Å². The summed E-state index contributed by atoms with van der Waals surface area (Å²) in [5.74, 6) is -0.295. The van der Waals surface area contributed by atoms with E-state index in [2.05, 4.69) is 4.90 Å². The lowest BCUT2D eigenvalue weighted by Crippen LogP contribution is -2.45. The van der Waals surface area contributed by atoms with Crippen molar-refractivity contribution in [2.45, 2.75) is 6.10 Å². The van der Waals surface area contributed by atoms with Gasteiger partial charge in [-0.3, -0.25) is 9.69 Å². The van der Waals surface area contributed by atoms with E-state index < -0.39 is 6.10 Å². The molecule has 122 valence electrons. The molecule has 1 aromatic rings. The summed E-state index contributed by atoms with van der Waals surface area (Å²) in [5, 5.41) is 10.8. The van der Waals surface area contributed by atoms with Crippen molar-refractivity contribution in [3.63, 3.8) is 0 Å². The van der Waals surface area contributed by atoms with E-state index in [0.717, 1.165) is 13.1 Å². The van der Waals surface area contributed by atoms with Gasteiger partial charge in [0.1, 0.15) is 0 Å². The summed E-state index contributed by atoms with van der Waals surface area (Å²) in [5.41, 5.74) is 0.270. The van der Waals surface area contributed by atoms with Gasteiger partial charge in [0.05, 0.1) is 34.9 Å². The third-order valence-corrected chi connectivity index (χ3v) is 4.21. The van der Waals surface area contributed by atoms with Crippen molar-refractivity contribution in [1.29, 1.82) is 0 Å². The lowest BCUT2D eigenvalue weighted by Gasteiger charge is -2.30. The summed E-state index contributed by atoms with van der Waals surface area (Å²) < 4.78 is 5.27. The van der Waals surface area contributed by atoms with Crippen LogP contribution in [0.5, 0.6) is 0 Å². The van der Waals surface area contributed by atoms with Crippen molar-refractivity contribution in [2.24, 2.45) is 0 Å². The molecular weight excluding hydrogens is 327 g/mol. The number of nitrogens with zero attached hydrogens (tertiary/aromatic N) is 2. The SMILES string of the molecule is CN(CC(O)CN1CCOCC1)C(=O)c1c(Cl)cccc1Cl. The van der Waals surface area contributed by atoms with Crippen LogP contribution in [0.2, 0.25) is 10.0 Å². The molecule has 0 radical (unpaired) electrons. The molecule has 0 bridgehead atoms. The van der Waals surface area contributed by atoms with Crippen LogP contribution in [0.3, 0.4) is 0 Å². The number of aliphatic hydroxyl groups excluding tert-OH is 1. The maximum atomic E-state index is 12.4. The number of hydrogen-bond acceptors (Lipinski definition) is 4. The second-order valence-corrected chi connectivity index (χ2v) is 6.16. The Morgan fingerprint density at radius 3 is 2.55 bits per heavy atom. The number of benzene rings is 1. The van der Waals surface area contributed by atoms with Gasteiger partial charge in [-0.15, -0.1) is 0 Å². The molecule has 1 amide bonds. The fourth-order valence-corrected chi connectivity index (χ4v) is 2.99. The molecular formula is C15H20Cl2N2O3. The normalized spacial score (nSPS) is 17.3. The third kappa shape index (κ3) is 4.57. The molecule has 1 unspecified atom stereocenters. The van der Waals surface area contributed by atoms with Gasteiger partial charge >= 0.3 is 0 Å². The molecule has 1 atom stereocenters. The van der Waals surface area contributed by atoms with E-state index in [9.17, 15) is 9.90 Å². The monoisotopic (exact) mass is 346 g/mol. The summed E-state index contributed by atoms with van der Waals surface area (Å²) in [6.07, 6.45) is -0.631. The largest absolute Gasteiger partial charge is 0.390 e. The quantitative estimate of drug-likeness (QED) is 0.882. The molecule has 5 nitrogen and oxygen atoms in total. The summed E-state index contributed by atoms with van der Waals surface area (Å²) in [6, 6.07) is 4.94. The lowest BCUT2D eigenvalue weighted by molar-refractivity contribution is 0.00879. The molecule has 22 heavy (non-hydrogen) atoms. The number of hydrogen-bond donors (Lipinski definition) is 1. The first-order valence-corrected chi connectivity index (χ1v) is 7.92. The Balaban J connectivity index is 1.93. The zero-order chi connectivity index (χ0) is 16.1. The van der Waals surface area contributed by atoms with Crippen LogP contribution < -0.4 is 0 Å². The van der Waals surface area contributed by atoms with Crippen LogP contribution in [-0.4, -0.2) is 73.4 Å². The topological polar surface area (TPSA) is 53.0 Å². The number of ether oxygens (including phenoxy) is 1. The van der Waals surface area contributed by atoms with E-state index in [1.165, 1.54) is 4.90 Å². The van der Waals surface area contributed by atoms with Gasteiger partial charge in [0, 0.05) is 33.2 Å². The molecule has 1 aliphatic rings.